The molecule has 2 saturated heterocycles. The summed E-state index contributed by atoms with van der Waals surface area (Å²) in [7, 11) is 2.92. The van der Waals surface area contributed by atoms with Crippen molar-refractivity contribution in [1.29, 1.82) is 0 Å². The molecule has 2 unspecified atom stereocenters. The lowest BCUT2D eigenvalue weighted by atomic mass is 9.96. The number of para-hydroxylation sites is 1. The van der Waals surface area contributed by atoms with Crippen LogP contribution in [0.2, 0.25) is 0 Å². The molecule has 190 valence electrons. The Hall–Kier alpha value is -2.91. The molecule has 9 nitrogen and oxygen atoms in total. The molecular formula is C26H36N4O5. The third kappa shape index (κ3) is 5.21. The molecule has 0 radical (unpaired) electrons. The largest absolute Gasteiger partial charge is 0.453 e. The molecule has 4 rings (SSSR count). The number of rotatable bonds is 7. The van der Waals surface area contributed by atoms with Crippen molar-refractivity contribution in [2.45, 2.75) is 69.8 Å². The highest BCUT2D eigenvalue weighted by molar-refractivity contribution is 5.97. The van der Waals surface area contributed by atoms with E-state index in [1.165, 1.54) is 12.0 Å². The second-order valence-electron chi connectivity index (χ2n) is 10.1. The van der Waals surface area contributed by atoms with E-state index in [0.717, 1.165) is 36.6 Å². The minimum absolute atomic E-state index is 0.0236. The van der Waals surface area contributed by atoms with Crippen LogP contribution in [-0.4, -0.2) is 83.0 Å². The number of pyridine rings is 1. The summed E-state index contributed by atoms with van der Waals surface area (Å²) in [5.74, 6) is -0.326. The standard InChI is InChI=1S/C26H36N4O5/c1-16(2)30-23-8-6-5-7-17(23)11-22(25(30)33)24(32)27-18-12-19-9-10-20(13-18)29(19)15-21(31)14-28(3)26(34)35-4/h5-8,11,16,18-21,31H,9-10,12-15H2,1-4H3,(H,27,32)/t18?,19-,20+,21?. The number of ether oxygens (including phenoxy) is 1. The predicted molar refractivity (Wildman–Crippen MR) is 134 cm³/mol. The Kier molecular flexibility index (Phi) is 7.47. The van der Waals surface area contributed by atoms with Crippen LogP contribution in [-0.2, 0) is 4.74 Å². The number of amides is 2. The first-order chi connectivity index (χ1) is 16.7. The molecule has 3 heterocycles. The first-order valence-corrected chi connectivity index (χ1v) is 12.4. The summed E-state index contributed by atoms with van der Waals surface area (Å²) in [6.07, 6.45) is 2.40. The number of nitrogens with one attached hydrogen (secondary N) is 1. The van der Waals surface area contributed by atoms with E-state index in [1.54, 1.807) is 17.7 Å². The van der Waals surface area contributed by atoms with Gasteiger partial charge in [0.2, 0.25) is 0 Å². The van der Waals surface area contributed by atoms with Crippen molar-refractivity contribution in [3.8, 4) is 0 Å². The van der Waals surface area contributed by atoms with E-state index in [0.29, 0.717) is 6.54 Å². The summed E-state index contributed by atoms with van der Waals surface area (Å²) in [6, 6.07) is 9.74. The summed E-state index contributed by atoms with van der Waals surface area (Å²) in [6.45, 7) is 4.56. The van der Waals surface area contributed by atoms with E-state index >= 15 is 0 Å². The number of nitrogens with zero attached hydrogens (tertiary/aromatic N) is 3. The maximum atomic E-state index is 13.2. The molecule has 1 aromatic carbocycles. The lowest BCUT2D eigenvalue weighted by molar-refractivity contribution is 0.0355. The molecule has 2 aromatic rings. The van der Waals surface area contributed by atoms with Crippen LogP contribution in [0.1, 0.15) is 55.9 Å². The number of likely N-dealkylation sites (N-methyl/N-ethyl adjacent to an activating group) is 1. The molecule has 0 aliphatic carbocycles. The highest BCUT2D eigenvalue weighted by Crippen LogP contribution is 2.36. The molecule has 4 atom stereocenters. The van der Waals surface area contributed by atoms with Crippen LogP contribution in [0.5, 0.6) is 0 Å². The highest BCUT2D eigenvalue weighted by atomic mass is 16.5. The molecule has 2 bridgehead atoms. The van der Waals surface area contributed by atoms with E-state index < -0.39 is 12.2 Å². The third-order valence-electron chi connectivity index (χ3n) is 7.32. The minimum Gasteiger partial charge on any atom is -0.453 e. The SMILES string of the molecule is COC(=O)N(C)CC(O)CN1[C@@H]2CC[C@H]1CC(NC(=O)c1cc3ccccc3n(C(C)C)c1=O)C2. The monoisotopic (exact) mass is 484 g/mol. The van der Waals surface area contributed by atoms with E-state index in [4.69, 9.17) is 4.74 Å². The highest BCUT2D eigenvalue weighted by Gasteiger charge is 2.42. The van der Waals surface area contributed by atoms with Crippen molar-refractivity contribution in [2.24, 2.45) is 0 Å². The van der Waals surface area contributed by atoms with Crippen molar-refractivity contribution >= 4 is 22.9 Å². The van der Waals surface area contributed by atoms with Crippen LogP contribution in [0.3, 0.4) is 0 Å². The van der Waals surface area contributed by atoms with Gasteiger partial charge in [0.05, 0.1) is 25.3 Å². The van der Waals surface area contributed by atoms with E-state index in [9.17, 15) is 19.5 Å². The zero-order chi connectivity index (χ0) is 25.3. The summed E-state index contributed by atoms with van der Waals surface area (Å²) in [4.78, 5) is 41.7. The zero-order valence-electron chi connectivity index (χ0n) is 20.9. The number of hydrogen-bond donors (Lipinski definition) is 2. The van der Waals surface area contributed by atoms with Crippen LogP contribution in [0.15, 0.2) is 35.1 Å². The zero-order valence-corrected chi connectivity index (χ0v) is 20.9. The van der Waals surface area contributed by atoms with Gasteiger partial charge in [0.25, 0.3) is 11.5 Å². The molecule has 2 amide bonds. The molecule has 2 N–H and O–H groups in total. The van der Waals surface area contributed by atoms with Gasteiger partial charge in [-0.15, -0.1) is 0 Å². The Morgan fingerprint density at radius 1 is 1.20 bits per heavy atom. The van der Waals surface area contributed by atoms with Crippen LogP contribution >= 0.6 is 0 Å². The van der Waals surface area contributed by atoms with Crippen molar-refractivity contribution in [3.63, 3.8) is 0 Å². The van der Waals surface area contributed by atoms with Crippen molar-refractivity contribution in [2.75, 3.05) is 27.2 Å². The number of aromatic nitrogens is 1. The quantitative estimate of drug-likeness (QED) is 0.625. The number of benzene rings is 1. The van der Waals surface area contributed by atoms with Gasteiger partial charge in [0, 0.05) is 37.8 Å². The average Bonchev–Trinajstić information content (AvgIpc) is 3.04. The summed E-state index contributed by atoms with van der Waals surface area (Å²) >= 11 is 0. The molecule has 9 heteroatoms. The number of methoxy groups -OCH3 is 1. The summed E-state index contributed by atoms with van der Waals surface area (Å²) in [5.41, 5.74) is 0.731. The molecule has 0 saturated carbocycles. The fourth-order valence-corrected chi connectivity index (χ4v) is 5.76. The number of fused-ring (bicyclic) bond motifs is 3. The van der Waals surface area contributed by atoms with E-state index in [2.05, 4.69) is 10.2 Å². The van der Waals surface area contributed by atoms with Crippen molar-refractivity contribution in [3.05, 3.63) is 46.2 Å². The van der Waals surface area contributed by atoms with Gasteiger partial charge in [0.1, 0.15) is 5.56 Å². The second kappa shape index (κ2) is 10.4. The topological polar surface area (TPSA) is 104 Å². The lowest BCUT2D eigenvalue weighted by Crippen LogP contribution is -2.53. The number of carbonyl (C=O) groups excluding carboxylic acids is 2. The second-order valence-corrected chi connectivity index (χ2v) is 10.1. The van der Waals surface area contributed by atoms with Crippen LogP contribution in [0, 0.1) is 0 Å². The van der Waals surface area contributed by atoms with Crippen LogP contribution < -0.4 is 10.9 Å². The first kappa shape index (κ1) is 25.2. The fraction of sp³-hybridized carbons (Fsp3) is 0.577. The molecular weight excluding hydrogens is 448 g/mol. The minimum atomic E-state index is -0.680. The van der Waals surface area contributed by atoms with E-state index in [-0.39, 0.29) is 47.7 Å². The number of aliphatic hydroxyl groups excluding tert-OH is 1. The Labute approximate surface area is 205 Å². The van der Waals surface area contributed by atoms with Gasteiger partial charge in [-0.2, -0.15) is 0 Å². The van der Waals surface area contributed by atoms with Crippen molar-refractivity contribution in [1.82, 2.24) is 19.7 Å². The lowest BCUT2D eigenvalue weighted by Gasteiger charge is -2.40. The van der Waals surface area contributed by atoms with Crippen LogP contribution in [0.25, 0.3) is 10.9 Å². The predicted octanol–water partition coefficient (Wildman–Crippen LogP) is 2.37. The molecule has 0 spiro atoms. The average molecular weight is 485 g/mol. The summed E-state index contributed by atoms with van der Waals surface area (Å²) in [5, 5.41) is 14.5. The number of hydrogen-bond acceptors (Lipinski definition) is 6. The molecule has 2 aliphatic heterocycles. The number of carbonyl (C=O) groups is 2. The fourth-order valence-electron chi connectivity index (χ4n) is 5.76. The smallest absolute Gasteiger partial charge is 0.409 e. The maximum absolute atomic E-state index is 13.2. The third-order valence-corrected chi connectivity index (χ3v) is 7.32. The van der Waals surface area contributed by atoms with Gasteiger partial charge >= 0.3 is 6.09 Å². The Morgan fingerprint density at radius 2 is 1.86 bits per heavy atom. The van der Waals surface area contributed by atoms with Crippen molar-refractivity contribution < 1.29 is 19.4 Å². The van der Waals surface area contributed by atoms with Crippen LogP contribution in [0.4, 0.5) is 4.79 Å². The normalized spacial score (nSPS) is 22.9. The molecule has 2 fully saturated rings. The van der Waals surface area contributed by atoms with Gasteiger partial charge in [-0.1, -0.05) is 18.2 Å². The van der Waals surface area contributed by atoms with Gasteiger partial charge in [-0.25, -0.2) is 4.79 Å². The Morgan fingerprint density at radius 3 is 2.49 bits per heavy atom. The molecule has 1 aromatic heterocycles. The first-order valence-electron chi connectivity index (χ1n) is 12.4. The molecule has 35 heavy (non-hydrogen) atoms. The van der Waals surface area contributed by atoms with Gasteiger partial charge in [-0.3, -0.25) is 14.5 Å². The maximum Gasteiger partial charge on any atom is 0.409 e. The Balaban J connectivity index is 1.43. The van der Waals surface area contributed by atoms with Gasteiger partial charge in [-0.05, 0) is 57.0 Å². The van der Waals surface area contributed by atoms with E-state index in [1.807, 2.05) is 38.1 Å². The number of piperidine rings is 1. The Bertz CT molecular complexity index is 1130. The van der Waals surface area contributed by atoms with Gasteiger partial charge in [0.15, 0.2) is 0 Å². The van der Waals surface area contributed by atoms with Gasteiger partial charge < -0.3 is 24.6 Å². The molecule has 2 aliphatic rings. The number of aliphatic hydroxyl groups is 1. The summed E-state index contributed by atoms with van der Waals surface area (Å²) < 4.78 is 6.38.